The molecule has 17 heavy (non-hydrogen) atoms. The molecule has 4 nitrogen and oxygen atoms in total. The first kappa shape index (κ1) is 14.1. The maximum atomic E-state index is 12.7. The highest BCUT2D eigenvalue weighted by Crippen LogP contribution is 2.14. The fourth-order valence-corrected chi connectivity index (χ4v) is 2.41. The number of hydrogen-bond donors (Lipinski definition) is 0. The molecule has 0 N–H and O–H groups in total. The predicted octanol–water partition coefficient (Wildman–Crippen LogP) is 1.01. The molecule has 1 aromatic carbocycles. The second-order valence-corrected chi connectivity index (χ2v) is 6.13. The minimum absolute atomic E-state index is 0.111. The third-order valence-corrected chi connectivity index (χ3v) is 4.26. The molecule has 0 fully saturated rings. The summed E-state index contributed by atoms with van der Waals surface area (Å²) in [5, 5.41) is 0. The number of halogens is 1. The molecule has 0 atom stereocenters. The van der Waals surface area contributed by atoms with Crippen LogP contribution in [-0.2, 0) is 10.0 Å². The second kappa shape index (κ2) is 5.57. The number of benzene rings is 1. The zero-order valence-corrected chi connectivity index (χ0v) is 11.0. The van der Waals surface area contributed by atoms with Gasteiger partial charge in [-0.25, -0.2) is 12.8 Å². The molecule has 0 aromatic heterocycles. The molecule has 0 amide bonds. The zero-order valence-electron chi connectivity index (χ0n) is 10.2. The van der Waals surface area contributed by atoms with Gasteiger partial charge in [-0.1, -0.05) is 0 Å². The van der Waals surface area contributed by atoms with E-state index in [2.05, 4.69) is 0 Å². The van der Waals surface area contributed by atoms with Crippen LogP contribution in [0.3, 0.4) is 0 Å². The minimum atomic E-state index is -3.51. The second-order valence-electron chi connectivity index (χ2n) is 4.08. The lowest BCUT2D eigenvalue weighted by Gasteiger charge is -2.19. The van der Waals surface area contributed by atoms with Gasteiger partial charge in [0.1, 0.15) is 5.82 Å². The van der Waals surface area contributed by atoms with Gasteiger partial charge >= 0.3 is 0 Å². The largest absolute Gasteiger partial charge is 0.308 e. The van der Waals surface area contributed by atoms with Gasteiger partial charge in [-0.05, 0) is 38.4 Å². The Hall–Kier alpha value is -0.980. The lowest BCUT2D eigenvalue weighted by atomic mass is 10.4. The summed E-state index contributed by atoms with van der Waals surface area (Å²) in [6, 6.07) is 4.84. The van der Waals surface area contributed by atoms with E-state index in [1.165, 1.54) is 23.5 Å². The molecule has 0 unspecified atom stereocenters. The van der Waals surface area contributed by atoms with Gasteiger partial charge in [0.25, 0.3) is 0 Å². The van der Waals surface area contributed by atoms with Gasteiger partial charge in [-0.15, -0.1) is 0 Å². The van der Waals surface area contributed by atoms with Crippen LogP contribution in [0.1, 0.15) is 0 Å². The molecular weight excluding hydrogens is 243 g/mol. The van der Waals surface area contributed by atoms with Crippen LogP contribution in [0, 0.1) is 5.82 Å². The molecule has 0 aliphatic rings. The average molecular weight is 260 g/mol. The van der Waals surface area contributed by atoms with E-state index in [-0.39, 0.29) is 4.90 Å². The van der Waals surface area contributed by atoms with E-state index in [9.17, 15) is 12.8 Å². The quantitative estimate of drug-likeness (QED) is 0.793. The summed E-state index contributed by atoms with van der Waals surface area (Å²) in [6.07, 6.45) is 0. The fraction of sp³-hybridized carbons (Fsp3) is 0.455. The molecule has 0 spiro atoms. The van der Waals surface area contributed by atoms with Crippen LogP contribution in [0.15, 0.2) is 29.2 Å². The van der Waals surface area contributed by atoms with E-state index in [0.717, 1.165) is 12.1 Å². The Morgan fingerprint density at radius 3 is 2.06 bits per heavy atom. The molecular formula is C11H17FN2O2S. The third-order valence-electron chi connectivity index (χ3n) is 2.38. The topological polar surface area (TPSA) is 40.6 Å². The first-order valence-electron chi connectivity index (χ1n) is 5.20. The van der Waals surface area contributed by atoms with Crippen molar-refractivity contribution in [1.29, 1.82) is 0 Å². The highest BCUT2D eigenvalue weighted by Gasteiger charge is 2.20. The monoisotopic (exact) mass is 260 g/mol. The molecule has 0 saturated carbocycles. The number of rotatable bonds is 5. The van der Waals surface area contributed by atoms with Gasteiger partial charge in [0.2, 0.25) is 10.0 Å². The van der Waals surface area contributed by atoms with E-state index in [1.807, 2.05) is 19.0 Å². The smallest absolute Gasteiger partial charge is 0.242 e. The Labute approximate surface area is 102 Å². The van der Waals surface area contributed by atoms with Crippen LogP contribution in [-0.4, -0.2) is 51.9 Å². The van der Waals surface area contributed by atoms with E-state index < -0.39 is 15.8 Å². The van der Waals surface area contributed by atoms with E-state index in [1.54, 1.807) is 0 Å². The summed E-state index contributed by atoms with van der Waals surface area (Å²) in [4.78, 5) is 2.01. The first-order valence-corrected chi connectivity index (χ1v) is 6.64. The average Bonchev–Trinajstić information content (AvgIpc) is 2.26. The molecule has 0 aliphatic carbocycles. The van der Waals surface area contributed by atoms with Gasteiger partial charge in [-0.2, -0.15) is 4.31 Å². The molecule has 6 heteroatoms. The maximum Gasteiger partial charge on any atom is 0.242 e. The SMILES string of the molecule is CN(C)CCN(C)S(=O)(=O)c1ccc(F)cc1. The first-order chi connectivity index (χ1) is 7.84. The third kappa shape index (κ3) is 3.76. The van der Waals surface area contributed by atoms with Crippen molar-refractivity contribution in [1.82, 2.24) is 9.21 Å². The van der Waals surface area contributed by atoms with Gasteiger partial charge in [0.15, 0.2) is 0 Å². The Kier molecular flexibility index (Phi) is 4.62. The highest BCUT2D eigenvalue weighted by atomic mass is 32.2. The summed E-state index contributed by atoms with van der Waals surface area (Å²) >= 11 is 0. The van der Waals surface area contributed by atoms with E-state index in [4.69, 9.17) is 0 Å². The Balaban J connectivity index is 2.84. The fourth-order valence-electron chi connectivity index (χ4n) is 1.25. The van der Waals surface area contributed by atoms with Crippen molar-refractivity contribution in [3.8, 4) is 0 Å². The van der Waals surface area contributed by atoms with Crippen LogP contribution in [0.4, 0.5) is 4.39 Å². The summed E-state index contributed by atoms with van der Waals surface area (Å²) in [5.41, 5.74) is 0. The molecule has 0 heterocycles. The van der Waals surface area contributed by atoms with Gasteiger partial charge < -0.3 is 4.90 Å². The molecule has 0 bridgehead atoms. The van der Waals surface area contributed by atoms with Gasteiger partial charge in [0.05, 0.1) is 4.90 Å². The Morgan fingerprint density at radius 2 is 1.59 bits per heavy atom. The number of nitrogens with zero attached hydrogens (tertiary/aromatic N) is 2. The minimum Gasteiger partial charge on any atom is -0.308 e. The summed E-state index contributed by atoms with van der Waals surface area (Å²) in [6.45, 7) is 1.03. The van der Waals surface area contributed by atoms with E-state index in [0.29, 0.717) is 13.1 Å². The van der Waals surface area contributed by atoms with Crippen molar-refractivity contribution < 1.29 is 12.8 Å². The number of sulfonamides is 1. The van der Waals surface area contributed by atoms with Crippen molar-refractivity contribution in [3.05, 3.63) is 30.1 Å². The molecule has 0 aliphatic heterocycles. The van der Waals surface area contributed by atoms with Crippen LogP contribution in [0.2, 0.25) is 0 Å². The normalized spacial score (nSPS) is 12.4. The van der Waals surface area contributed by atoms with Crippen molar-refractivity contribution >= 4 is 10.0 Å². The summed E-state index contributed by atoms with van der Waals surface area (Å²) in [5.74, 6) is -0.445. The van der Waals surface area contributed by atoms with Crippen molar-refractivity contribution in [3.63, 3.8) is 0 Å². The lowest BCUT2D eigenvalue weighted by molar-refractivity contribution is 0.358. The van der Waals surface area contributed by atoms with E-state index >= 15 is 0 Å². The Bertz CT molecular complexity index is 457. The van der Waals surface area contributed by atoms with Gasteiger partial charge in [0, 0.05) is 20.1 Å². The molecule has 1 aromatic rings. The van der Waals surface area contributed by atoms with Crippen LogP contribution >= 0.6 is 0 Å². The van der Waals surface area contributed by atoms with Crippen molar-refractivity contribution in [2.45, 2.75) is 4.90 Å². The Morgan fingerprint density at radius 1 is 1.06 bits per heavy atom. The zero-order chi connectivity index (χ0) is 13.1. The summed E-state index contributed by atoms with van der Waals surface area (Å²) in [7, 11) is 1.75. The molecule has 0 radical (unpaired) electrons. The summed E-state index contributed by atoms with van der Waals surface area (Å²) < 4.78 is 38.1. The molecule has 96 valence electrons. The van der Waals surface area contributed by atoms with Crippen LogP contribution in [0.5, 0.6) is 0 Å². The predicted molar refractivity (Wildman–Crippen MR) is 64.8 cm³/mol. The van der Waals surface area contributed by atoms with Crippen molar-refractivity contribution in [2.75, 3.05) is 34.2 Å². The van der Waals surface area contributed by atoms with Gasteiger partial charge in [-0.3, -0.25) is 0 Å². The molecule has 1 rings (SSSR count). The number of hydrogen-bond acceptors (Lipinski definition) is 3. The van der Waals surface area contributed by atoms with Crippen molar-refractivity contribution in [2.24, 2.45) is 0 Å². The maximum absolute atomic E-state index is 12.7. The number of likely N-dealkylation sites (N-methyl/N-ethyl adjacent to an activating group) is 2. The highest BCUT2D eigenvalue weighted by molar-refractivity contribution is 7.89. The van der Waals surface area contributed by atoms with Crippen LogP contribution < -0.4 is 0 Å². The standard InChI is InChI=1S/C11H17FN2O2S/c1-13(2)8-9-14(3)17(15,16)11-6-4-10(12)5-7-11/h4-7H,8-9H2,1-3H3. The van der Waals surface area contributed by atoms with Crippen LogP contribution in [0.25, 0.3) is 0 Å². The molecule has 0 saturated heterocycles. The lowest BCUT2D eigenvalue weighted by Crippen LogP contribution is -2.33.